The van der Waals surface area contributed by atoms with E-state index in [2.05, 4.69) is 53.4 Å². The lowest BCUT2D eigenvalue weighted by Crippen LogP contribution is -2.02. The van der Waals surface area contributed by atoms with Gasteiger partial charge >= 0.3 is 0 Å². The summed E-state index contributed by atoms with van der Waals surface area (Å²) in [7, 11) is 0. The normalized spacial score (nSPS) is 10.8. The fraction of sp³-hybridized carbons (Fsp3) is 0.357. The lowest BCUT2D eigenvalue weighted by atomic mass is 10.0. The molecule has 0 atom stereocenters. The minimum atomic E-state index is 0.559. The number of nitrogens with one attached hydrogen (secondary N) is 2. The van der Waals surface area contributed by atoms with Gasteiger partial charge in [-0.2, -0.15) is 0 Å². The molecule has 0 saturated carbocycles. The second kappa shape index (κ2) is 5.04. The van der Waals surface area contributed by atoms with Crippen molar-refractivity contribution in [3.63, 3.8) is 0 Å². The van der Waals surface area contributed by atoms with Gasteiger partial charge < -0.3 is 10.3 Å². The Bertz CT molecular complexity index is 486. The largest absolute Gasteiger partial charge is 0.379 e. The van der Waals surface area contributed by atoms with E-state index in [1.54, 1.807) is 6.33 Å². The minimum absolute atomic E-state index is 0.559. The average molecular weight is 229 g/mol. The third kappa shape index (κ3) is 2.87. The van der Waals surface area contributed by atoms with E-state index < -0.39 is 0 Å². The van der Waals surface area contributed by atoms with Gasteiger partial charge in [0.05, 0.1) is 18.6 Å². The van der Waals surface area contributed by atoms with Crippen LogP contribution in [0, 0.1) is 6.92 Å². The van der Waals surface area contributed by atoms with Gasteiger partial charge in [0.15, 0.2) is 0 Å². The first-order chi connectivity index (χ1) is 8.16. The summed E-state index contributed by atoms with van der Waals surface area (Å²) >= 11 is 0. The van der Waals surface area contributed by atoms with Gasteiger partial charge in [0.1, 0.15) is 0 Å². The zero-order valence-electron chi connectivity index (χ0n) is 10.6. The van der Waals surface area contributed by atoms with Crippen LogP contribution in [0.4, 0.5) is 5.69 Å². The highest BCUT2D eigenvalue weighted by atomic mass is 14.9. The van der Waals surface area contributed by atoms with Crippen LogP contribution in [0.5, 0.6) is 0 Å². The summed E-state index contributed by atoms with van der Waals surface area (Å²) in [6.45, 7) is 7.21. The predicted molar refractivity (Wildman–Crippen MR) is 71.2 cm³/mol. The Morgan fingerprint density at radius 1 is 1.35 bits per heavy atom. The molecule has 2 N–H and O–H groups in total. The maximum atomic E-state index is 4.27. The van der Waals surface area contributed by atoms with Gasteiger partial charge in [0.2, 0.25) is 0 Å². The maximum Gasteiger partial charge on any atom is 0.0925 e. The molecule has 0 spiro atoms. The minimum Gasteiger partial charge on any atom is -0.379 e. The topological polar surface area (TPSA) is 40.7 Å². The quantitative estimate of drug-likeness (QED) is 0.843. The zero-order chi connectivity index (χ0) is 12.3. The third-order valence-corrected chi connectivity index (χ3v) is 2.95. The van der Waals surface area contributed by atoms with E-state index in [4.69, 9.17) is 0 Å². The van der Waals surface area contributed by atoms with E-state index in [1.165, 1.54) is 5.56 Å². The van der Waals surface area contributed by atoms with Crippen LogP contribution in [0.3, 0.4) is 0 Å². The summed E-state index contributed by atoms with van der Waals surface area (Å²) in [5.41, 5.74) is 4.70. The second-order valence-corrected chi connectivity index (χ2v) is 4.61. The molecule has 0 unspecified atom stereocenters. The number of rotatable bonds is 4. The number of anilines is 1. The van der Waals surface area contributed by atoms with Crippen molar-refractivity contribution in [1.29, 1.82) is 0 Å². The monoisotopic (exact) mass is 229 g/mol. The molecule has 0 aliphatic heterocycles. The molecule has 3 nitrogen and oxygen atoms in total. The Morgan fingerprint density at radius 2 is 2.18 bits per heavy atom. The molecule has 17 heavy (non-hydrogen) atoms. The molecule has 0 radical (unpaired) electrons. The first kappa shape index (κ1) is 11.7. The highest BCUT2D eigenvalue weighted by Gasteiger charge is 2.02. The summed E-state index contributed by atoms with van der Waals surface area (Å²) in [5.74, 6) is 0.559. The molecule has 0 aliphatic rings. The first-order valence-electron chi connectivity index (χ1n) is 5.99. The number of H-pyrrole nitrogens is 1. The van der Waals surface area contributed by atoms with E-state index in [1.807, 2.05) is 6.92 Å². The molecule has 0 aliphatic carbocycles. The molecule has 2 rings (SSSR count). The summed E-state index contributed by atoms with van der Waals surface area (Å²) in [6, 6.07) is 8.55. The maximum absolute atomic E-state index is 4.27. The molecule has 90 valence electrons. The van der Waals surface area contributed by atoms with Gasteiger partial charge in [0, 0.05) is 11.4 Å². The molecule has 1 aromatic heterocycles. The molecule has 1 aromatic carbocycles. The lowest BCUT2D eigenvalue weighted by Gasteiger charge is -2.09. The molecule has 0 fully saturated rings. The van der Waals surface area contributed by atoms with Crippen molar-refractivity contribution in [2.24, 2.45) is 0 Å². The van der Waals surface area contributed by atoms with Gasteiger partial charge in [-0.25, -0.2) is 4.98 Å². The molecular formula is C14H19N3. The fourth-order valence-corrected chi connectivity index (χ4v) is 1.76. The Kier molecular flexibility index (Phi) is 3.47. The van der Waals surface area contributed by atoms with Gasteiger partial charge in [-0.05, 0) is 30.5 Å². The van der Waals surface area contributed by atoms with Crippen molar-refractivity contribution in [2.75, 3.05) is 5.32 Å². The molecule has 0 saturated heterocycles. The standard InChI is InChI=1S/C14H19N3/c1-10(2)12-5-4-6-13(7-12)15-8-14-11(3)16-9-17-14/h4-7,9-10,15H,8H2,1-3H3,(H,16,17). The molecule has 0 amide bonds. The highest BCUT2D eigenvalue weighted by molar-refractivity contribution is 5.46. The Hall–Kier alpha value is -1.77. The van der Waals surface area contributed by atoms with Crippen LogP contribution in [-0.2, 0) is 6.54 Å². The second-order valence-electron chi connectivity index (χ2n) is 4.61. The highest BCUT2D eigenvalue weighted by Crippen LogP contribution is 2.19. The van der Waals surface area contributed by atoms with Crippen molar-refractivity contribution < 1.29 is 0 Å². The van der Waals surface area contributed by atoms with Gasteiger partial charge in [-0.15, -0.1) is 0 Å². The Labute approximate surface area is 102 Å². The Morgan fingerprint density at radius 3 is 2.82 bits per heavy atom. The van der Waals surface area contributed by atoms with Crippen LogP contribution in [-0.4, -0.2) is 9.97 Å². The summed E-state index contributed by atoms with van der Waals surface area (Å²) in [5, 5.41) is 3.40. The van der Waals surface area contributed by atoms with Crippen LogP contribution in [0.1, 0.15) is 36.7 Å². The molecule has 0 bridgehead atoms. The van der Waals surface area contributed by atoms with Gasteiger partial charge in [0.25, 0.3) is 0 Å². The van der Waals surface area contributed by atoms with Gasteiger partial charge in [-0.1, -0.05) is 26.0 Å². The summed E-state index contributed by atoms with van der Waals surface area (Å²) in [6.07, 6.45) is 1.73. The lowest BCUT2D eigenvalue weighted by molar-refractivity contribution is 0.866. The van der Waals surface area contributed by atoms with E-state index in [0.29, 0.717) is 5.92 Å². The summed E-state index contributed by atoms with van der Waals surface area (Å²) in [4.78, 5) is 7.35. The van der Waals surface area contributed by atoms with Crippen molar-refractivity contribution in [1.82, 2.24) is 9.97 Å². The van der Waals surface area contributed by atoms with E-state index in [9.17, 15) is 0 Å². The smallest absolute Gasteiger partial charge is 0.0925 e. The fourth-order valence-electron chi connectivity index (χ4n) is 1.76. The number of hydrogen-bond acceptors (Lipinski definition) is 2. The van der Waals surface area contributed by atoms with E-state index in [0.717, 1.165) is 23.6 Å². The van der Waals surface area contributed by atoms with E-state index >= 15 is 0 Å². The van der Waals surface area contributed by atoms with Crippen LogP contribution in [0.2, 0.25) is 0 Å². The van der Waals surface area contributed by atoms with Crippen LogP contribution in [0.25, 0.3) is 0 Å². The number of aromatic amines is 1. The van der Waals surface area contributed by atoms with Crippen molar-refractivity contribution >= 4 is 5.69 Å². The molecular weight excluding hydrogens is 210 g/mol. The summed E-state index contributed by atoms with van der Waals surface area (Å²) < 4.78 is 0. The zero-order valence-corrected chi connectivity index (χ0v) is 10.6. The van der Waals surface area contributed by atoms with Crippen molar-refractivity contribution in [3.05, 3.63) is 47.5 Å². The van der Waals surface area contributed by atoms with Crippen LogP contribution < -0.4 is 5.32 Å². The molecule has 3 heteroatoms. The van der Waals surface area contributed by atoms with Crippen LogP contribution >= 0.6 is 0 Å². The SMILES string of the molecule is Cc1[nH]cnc1CNc1cccc(C(C)C)c1. The van der Waals surface area contributed by atoms with E-state index in [-0.39, 0.29) is 0 Å². The number of nitrogens with zero attached hydrogens (tertiary/aromatic N) is 1. The first-order valence-corrected chi connectivity index (χ1v) is 5.99. The molecule has 2 aromatic rings. The number of imidazole rings is 1. The number of benzene rings is 1. The van der Waals surface area contributed by atoms with Crippen molar-refractivity contribution in [2.45, 2.75) is 33.2 Å². The van der Waals surface area contributed by atoms with Gasteiger partial charge in [-0.3, -0.25) is 0 Å². The number of hydrogen-bond donors (Lipinski definition) is 2. The third-order valence-electron chi connectivity index (χ3n) is 2.95. The number of aromatic nitrogens is 2. The predicted octanol–water partition coefficient (Wildman–Crippen LogP) is 3.45. The molecule has 1 heterocycles. The van der Waals surface area contributed by atoms with Crippen LogP contribution in [0.15, 0.2) is 30.6 Å². The number of aryl methyl sites for hydroxylation is 1. The van der Waals surface area contributed by atoms with Crippen molar-refractivity contribution in [3.8, 4) is 0 Å². The average Bonchev–Trinajstić information content (AvgIpc) is 2.72. The Balaban J connectivity index is 2.04.